The molecule has 3 N–H and O–H groups in total. The van der Waals surface area contributed by atoms with Gasteiger partial charge in [-0.05, 0) is 31.0 Å². The van der Waals surface area contributed by atoms with E-state index in [9.17, 15) is 9.90 Å². The van der Waals surface area contributed by atoms with Gasteiger partial charge in [-0.15, -0.1) is 0 Å². The molecule has 1 unspecified atom stereocenters. The second-order valence-corrected chi connectivity index (χ2v) is 6.95. The van der Waals surface area contributed by atoms with Crippen molar-refractivity contribution in [3.05, 3.63) is 24.4 Å². The largest absolute Gasteiger partial charge is 0.465 e. The Bertz CT molecular complexity index is 703. The molecule has 22 heavy (non-hydrogen) atoms. The summed E-state index contributed by atoms with van der Waals surface area (Å²) in [6.45, 7) is 6.81. The molecule has 1 aromatic carbocycles. The molecule has 0 radical (unpaired) electrons. The van der Waals surface area contributed by atoms with Crippen molar-refractivity contribution in [2.24, 2.45) is 5.41 Å². The molecule has 1 amide bonds. The number of aromatic nitrogens is 2. The van der Waals surface area contributed by atoms with Gasteiger partial charge in [0, 0.05) is 23.0 Å². The van der Waals surface area contributed by atoms with Crippen LogP contribution in [0.15, 0.2) is 24.4 Å². The van der Waals surface area contributed by atoms with Crippen molar-refractivity contribution in [3.63, 3.8) is 0 Å². The first kappa shape index (κ1) is 14.7. The smallest absolute Gasteiger partial charge is 0.409 e. The summed E-state index contributed by atoms with van der Waals surface area (Å²) in [5.74, 6) is 0. The Morgan fingerprint density at radius 1 is 1.45 bits per heavy atom. The fourth-order valence-electron chi connectivity index (χ4n) is 3.43. The van der Waals surface area contributed by atoms with Crippen molar-refractivity contribution < 1.29 is 9.90 Å². The number of amides is 1. The van der Waals surface area contributed by atoms with E-state index in [0.29, 0.717) is 6.54 Å². The van der Waals surface area contributed by atoms with E-state index in [1.54, 1.807) is 11.1 Å². The number of anilines is 1. The van der Waals surface area contributed by atoms with Crippen LogP contribution in [0.4, 0.5) is 10.5 Å². The summed E-state index contributed by atoms with van der Waals surface area (Å²) >= 11 is 0. The minimum atomic E-state index is -0.871. The monoisotopic (exact) mass is 302 g/mol. The van der Waals surface area contributed by atoms with E-state index in [-0.39, 0.29) is 5.41 Å². The predicted octanol–water partition coefficient (Wildman–Crippen LogP) is 3.49. The van der Waals surface area contributed by atoms with E-state index >= 15 is 0 Å². The maximum Gasteiger partial charge on any atom is 0.409 e. The zero-order chi connectivity index (χ0) is 16.0. The molecule has 0 spiro atoms. The molecular weight excluding hydrogens is 280 g/mol. The molecule has 0 saturated carbocycles. The van der Waals surface area contributed by atoms with Crippen LogP contribution >= 0.6 is 0 Å². The number of rotatable bonds is 2. The number of carbonyl (C=O) groups is 1. The topological polar surface area (TPSA) is 81.2 Å². The van der Waals surface area contributed by atoms with Crippen LogP contribution in [-0.4, -0.2) is 38.5 Å². The van der Waals surface area contributed by atoms with Crippen molar-refractivity contribution in [2.45, 2.75) is 39.3 Å². The molecule has 1 aliphatic rings. The molecule has 1 aromatic heterocycles. The quantitative estimate of drug-likeness (QED) is 0.793. The number of aromatic amines is 1. The Kier molecular flexibility index (Phi) is 3.27. The van der Waals surface area contributed by atoms with Crippen LogP contribution in [0.2, 0.25) is 0 Å². The van der Waals surface area contributed by atoms with Gasteiger partial charge in [-0.1, -0.05) is 20.8 Å². The predicted molar refractivity (Wildman–Crippen MR) is 85.9 cm³/mol. The number of fused-ring (bicyclic) bond motifs is 1. The van der Waals surface area contributed by atoms with Gasteiger partial charge in [-0.3, -0.25) is 10.00 Å². The average Bonchev–Trinajstić information content (AvgIpc) is 3.04. The molecule has 3 rings (SSSR count). The van der Waals surface area contributed by atoms with Crippen LogP contribution in [0.25, 0.3) is 10.9 Å². The molecule has 118 valence electrons. The Balaban J connectivity index is 2.01. The van der Waals surface area contributed by atoms with Crippen LogP contribution in [0.3, 0.4) is 0 Å². The summed E-state index contributed by atoms with van der Waals surface area (Å²) in [5.41, 5.74) is 1.05. The highest BCUT2D eigenvalue weighted by Crippen LogP contribution is 2.44. The second-order valence-electron chi connectivity index (χ2n) is 6.95. The average molecular weight is 302 g/mol. The molecule has 2 aromatic rings. The number of benzene rings is 1. The summed E-state index contributed by atoms with van der Waals surface area (Å²) in [7, 11) is 0. The van der Waals surface area contributed by atoms with Gasteiger partial charge < -0.3 is 10.4 Å². The Morgan fingerprint density at radius 2 is 2.23 bits per heavy atom. The van der Waals surface area contributed by atoms with Crippen molar-refractivity contribution in [2.75, 3.05) is 11.9 Å². The fraction of sp³-hybridized carbons (Fsp3) is 0.500. The van der Waals surface area contributed by atoms with E-state index < -0.39 is 11.8 Å². The van der Waals surface area contributed by atoms with E-state index in [1.165, 1.54) is 0 Å². The Labute approximate surface area is 129 Å². The SMILES string of the molecule is CC(C)(C)C1(Nc2ccc3[nH]ncc3c2)CCCN1C(=O)O. The van der Waals surface area contributed by atoms with Crippen molar-refractivity contribution >= 4 is 22.7 Å². The number of hydrogen-bond acceptors (Lipinski definition) is 3. The van der Waals surface area contributed by atoms with Gasteiger partial charge in [-0.25, -0.2) is 4.79 Å². The van der Waals surface area contributed by atoms with Crippen molar-refractivity contribution in [1.82, 2.24) is 15.1 Å². The summed E-state index contributed by atoms with van der Waals surface area (Å²) in [6.07, 6.45) is 2.56. The number of carboxylic acid groups (broad SMARTS) is 1. The van der Waals surface area contributed by atoms with E-state index in [2.05, 4.69) is 36.3 Å². The highest BCUT2D eigenvalue weighted by atomic mass is 16.4. The van der Waals surface area contributed by atoms with E-state index in [4.69, 9.17) is 0 Å². The number of likely N-dealkylation sites (tertiary alicyclic amines) is 1. The van der Waals surface area contributed by atoms with E-state index in [1.807, 2.05) is 18.2 Å². The molecule has 1 atom stereocenters. The lowest BCUT2D eigenvalue weighted by atomic mass is 9.78. The van der Waals surface area contributed by atoms with Gasteiger partial charge in [0.05, 0.1) is 11.7 Å². The lowest BCUT2D eigenvalue weighted by Crippen LogP contribution is -2.60. The van der Waals surface area contributed by atoms with E-state index in [0.717, 1.165) is 29.4 Å². The van der Waals surface area contributed by atoms with Crippen LogP contribution in [0.5, 0.6) is 0 Å². The first-order valence-electron chi connectivity index (χ1n) is 7.55. The number of hydrogen-bond donors (Lipinski definition) is 3. The third-order valence-electron chi connectivity index (χ3n) is 4.64. The zero-order valence-corrected chi connectivity index (χ0v) is 13.2. The number of nitrogens with one attached hydrogen (secondary N) is 2. The molecular formula is C16H22N4O2. The Morgan fingerprint density at radius 3 is 2.91 bits per heavy atom. The molecule has 0 aliphatic carbocycles. The van der Waals surface area contributed by atoms with Gasteiger partial charge >= 0.3 is 6.09 Å². The van der Waals surface area contributed by atoms with Gasteiger partial charge in [0.1, 0.15) is 5.66 Å². The summed E-state index contributed by atoms with van der Waals surface area (Å²) < 4.78 is 0. The molecule has 0 bridgehead atoms. The Hall–Kier alpha value is -2.24. The van der Waals surface area contributed by atoms with Crippen LogP contribution in [0.1, 0.15) is 33.6 Å². The second kappa shape index (κ2) is 4.90. The van der Waals surface area contributed by atoms with Crippen molar-refractivity contribution in [3.8, 4) is 0 Å². The number of H-pyrrole nitrogens is 1. The number of nitrogens with zero attached hydrogens (tertiary/aromatic N) is 2. The minimum absolute atomic E-state index is 0.229. The third-order valence-corrected chi connectivity index (χ3v) is 4.64. The fourth-order valence-corrected chi connectivity index (χ4v) is 3.43. The maximum atomic E-state index is 11.7. The highest BCUT2D eigenvalue weighted by molar-refractivity contribution is 5.82. The molecule has 1 saturated heterocycles. The third kappa shape index (κ3) is 2.19. The van der Waals surface area contributed by atoms with Gasteiger partial charge in [0.2, 0.25) is 0 Å². The standard InChI is InChI=1S/C16H22N4O2/c1-15(2,3)16(7-4-8-20(16)14(21)22)18-12-5-6-13-11(9-12)10-17-19-13/h5-6,9-10,18H,4,7-8H2,1-3H3,(H,17,19)(H,21,22). The highest BCUT2D eigenvalue weighted by Gasteiger charge is 2.52. The van der Waals surface area contributed by atoms with Crippen LogP contribution < -0.4 is 5.32 Å². The molecule has 1 aliphatic heterocycles. The van der Waals surface area contributed by atoms with Crippen LogP contribution in [-0.2, 0) is 0 Å². The molecule has 6 nitrogen and oxygen atoms in total. The van der Waals surface area contributed by atoms with Crippen molar-refractivity contribution in [1.29, 1.82) is 0 Å². The minimum Gasteiger partial charge on any atom is -0.465 e. The first-order valence-corrected chi connectivity index (χ1v) is 7.55. The molecule has 6 heteroatoms. The summed E-state index contributed by atoms with van der Waals surface area (Å²) in [5, 5.41) is 21.1. The van der Waals surface area contributed by atoms with Crippen LogP contribution in [0, 0.1) is 5.41 Å². The summed E-state index contributed by atoms with van der Waals surface area (Å²) in [4.78, 5) is 13.2. The first-order chi connectivity index (χ1) is 10.3. The molecule has 2 heterocycles. The van der Waals surface area contributed by atoms with Gasteiger partial charge in [0.15, 0.2) is 0 Å². The van der Waals surface area contributed by atoms with Gasteiger partial charge in [0.25, 0.3) is 0 Å². The lowest BCUT2D eigenvalue weighted by Gasteiger charge is -2.48. The molecule has 1 fully saturated rings. The normalized spacial score (nSPS) is 22.2. The van der Waals surface area contributed by atoms with Gasteiger partial charge in [-0.2, -0.15) is 5.10 Å². The maximum absolute atomic E-state index is 11.7. The summed E-state index contributed by atoms with van der Waals surface area (Å²) in [6, 6.07) is 5.93. The lowest BCUT2D eigenvalue weighted by molar-refractivity contribution is 0.0509. The zero-order valence-electron chi connectivity index (χ0n) is 13.2.